The van der Waals surface area contributed by atoms with E-state index in [2.05, 4.69) is 20.4 Å². The number of hydrogen-bond acceptors (Lipinski definition) is 5. The number of H-pyrrole nitrogens is 1. The maximum Gasteiger partial charge on any atom is 0.272 e. The largest absolute Gasteiger partial charge is 0.497 e. The van der Waals surface area contributed by atoms with Crippen molar-refractivity contribution in [3.05, 3.63) is 23.9 Å². The number of rotatable bonds is 7. The van der Waals surface area contributed by atoms with E-state index in [1.54, 1.807) is 7.11 Å². The first kappa shape index (κ1) is 17.7. The second kappa shape index (κ2) is 8.31. The monoisotopic (exact) mass is 345 g/mol. The minimum absolute atomic E-state index is 0.134. The van der Waals surface area contributed by atoms with Crippen LogP contribution in [-0.4, -0.2) is 60.8 Å². The van der Waals surface area contributed by atoms with Gasteiger partial charge in [-0.2, -0.15) is 5.10 Å². The third-order valence-electron chi connectivity index (χ3n) is 4.92. The van der Waals surface area contributed by atoms with Crippen molar-refractivity contribution < 1.29 is 9.53 Å². The van der Waals surface area contributed by atoms with Crippen LogP contribution < -0.4 is 15.8 Å². The summed E-state index contributed by atoms with van der Waals surface area (Å²) in [5.74, 6) is 1.11. The molecule has 4 N–H and O–H groups in total. The molecule has 7 heteroatoms. The van der Waals surface area contributed by atoms with Crippen molar-refractivity contribution in [2.45, 2.75) is 19.3 Å². The van der Waals surface area contributed by atoms with Gasteiger partial charge in [0.1, 0.15) is 5.75 Å². The molecule has 1 aliphatic rings. The predicted octanol–water partition coefficient (Wildman–Crippen LogP) is 1.36. The van der Waals surface area contributed by atoms with Crippen molar-refractivity contribution in [2.24, 2.45) is 11.7 Å². The van der Waals surface area contributed by atoms with E-state index in [0.717, 1.165) is 56.3 Å². The Balaban J connectivity index is 1.53. The second-order valence-electron chi connectivity index (χ2n) is 6.62. The molecule has 0 saturated carbocycles. The number of aromatic amines is 1. The fraction of sp³-hybridized carbons (Fsp3) is 0.556. The number of nitrogens with zero attached hydrogens (tertiary/aromatic N) is 2. The number of piperidine rings is 1. The third kappa shape index (κ3) is 4.29. The lowest BCUT2D eigenvalue weighted by Gasteiger charge is -2.31. The van der Waals surface area contributed by atoms with Gasteiger partial charge in [-0.1, -0.05) is 0 Å². The summed E-state index contributed by atoms with van der Waals surface area (Å²) < 4.78 is 5.23. The van der Waals surface area contributed by atoms with Crippen molar-refractivity contribution in [1.82, 2.24) is 20.4 Å². The molecule has 1 fully saturated rings. The fourth-order valence-electron chi connectivity index (χ4n) is 3.34. The average molecular weight is 345 g/mol. The highest BCUT2D eigenvalue weighted by Gasteiger charge is 2.21. The summed E-state index contributed by atoms with van der Waals surface area (Å²) in [6.45, 7) is 4.70. The number of nitrogens with one attached hydrogen (secondary N) is 2. The second-order valence-corrected chi connectivity index (χ2v) is 6.62. The van der Waals surface area contributed by atoms with E-state index in [-0.39, 0.29) is 5.91 Å². The van der Waals surface area contributed by atoms with Gasteiger partial charge in [-0.15, -0.1) is 0 Å². The number of amides is 1. The maximum atomic E-state index is 12.5. The summed E-state index contributed by atoms with van der Waals surface area (Å²) >= 11 is 0. The van der Waals surface area contributed by atoms with Gasteiger partial charge >= 0.3 is 0 Å². The Kier molecular flexibility index (Phi) is 5.88. The van der Waals surface area contributed by atoms with Gasteiger partial charge in [-0.3, -0.25) is 9.89 Å². The topological polar surface area (TPSA) is 96.3 Å². The number of likely N-dealkylation sites (tertiary alicyclic amines) is 1. The van der Waals surface area contributed by atoms with Gasteiger partial charge in [-0.25, -0.2) is 0 Å². The minimum Gasteiger partial charge on any atom is -0.497 e. The zero-order valence-corrected chi connectivity index (χ0v) is 14.8. The Bertz CT molecular complexity index is 707. The van der Waals surface area contributed by atoms with Gasteiger partial charge in [0.15, 0.2) is 5.69 Å². The summed E-state index contributed by atoms with van der Waals surface area (Å²) in [6, 6.07) is 5.55. The lowest BCUT2D eigenvalue weighted by atomic mass is 9.96. The normalized spacial score (nSPS) is 16.2. The van der Waals surface area contributed by atoms with Crippen LogP contribution in [0.3, 0.4) is 0 Å². The first-order chi connectivity index (χ1) is 12.2. The van der Waals surface area contributed by atoms with Gasteiger partial charge in [0, 0.05) is 11.9 Å². The standard InChI is InChI=1S/C18H27N5O2/c1-25-14-3-4-16-15(11-14)17(22-21-16)18(24)20-12-13-5-9-23(10-6-13)8-2-7-19/h3-4,11,13H,2,5-10,12,19H2,1H3,(H,20,24)(H,21,22). The molecule has 1 aromatic heterocycles. The number of nitrogens with two attached hydrogens (primary N) is 1. The molecule has 0 atom stereocenters. The van der Waals surface area contributed by atoms with Gasteiger partial charge in [0.05, 0.1) is 12.6 Å². The number of fused-ring (bicyclic) bond motifs is 1. The Morgan fingerprint density at radius 3 is 2.96 bits per heavy atom. The molecule has 1 aliphatic heterocycles. The van der Waals surface area contributed by atoms with E-state index in [4.69, 9.17) is 10.5 Å². The summed E-state index contributed by atoms with van der Waals surface area (Å²) in [5.41, 5.74) is 6.83. The summed E-state index contributed by atoms with van der Waals surface area (Å²) in [6.07, 6.45) is 3.27. The van der Waals surface area contributed by atoms with Crippen LogP contribution in [0.25, 0.3) is 10.9 Å². The van der Waals surface area contributed by atoms with Crippen LogP contribution in [0.5, 0.6) is 5.75 Å². The van der Waals surface area contributed by atoms with Crippen molar-refractivity contribution in [2.75, 3.05) is 39.8 Å². The quantitative estimate of drug-likeness (QED) is 0.704. The van der Waals surface area contributed by atoms with Crippen molar-refractivity contribution in [3.63, 3.8) is 0 Å². The molecule has 3 rings (SSSR count). The Labute approximate surface area is 147 Å². The molecular weight excluding hydrogens is 318 g/mol. The molecule has 1 aromatic carbocycles. The number of benzene rings is 1. The van der Waals surface area contributed by atoms with Crippen LogP contribution in [0.1, 0.15) is 29.8 Å². The molecule has 1 saturated heterocycles. The van der Waals surface area contributed by atoms with E-state index in [1.807, 2.05) is 18.2 Å². The summed E-state index contributed by atoms with van der Waals surface area (Å²) in [4.78, 5) is 15.0. The van der Waals surface area contributed by atoms with Gasteiger partial charge in [-0.05, 0) is 69.6 Å². The Hall–Kier alpha value is -2.12. The molecule has 0 spiro atoms. The first-order valence-corrected chi connectivity index (χ1v) is 8.94. The Morgan fingerprint density at radius 1 is 1.44 bits per heavy atom. The predicted molar refractivity (Wildman–Crippen MR) is 97.8 cm³/mol. The maximum absolute atomic E-state index is 12.5. The van der Waals surface area contributed by atoms with Crippen molar-refractivity contribution >= 4 is 16.8 Å². The highest BCUT2D eigenvalue weighted by molar-refractivity contribution is 6.04. The van der Waals surface area contributed by atoms with Crippen LogP contribution in [0.2, 0.25) is 0 Å². The van der Waals surface area contributed by atoms with Crippen LogP contribution in [0.4, 0.5) is 0 Å². The number of aromatic nitrogens is 2. The number of carbonyl (C=O) groups excluding carboxylic acids is 1. The molecule has 2 heterocycles. The van der Waals surface area contributed by atoms with E-state index < -0.39 is 0 Å². The average Bonchev–Trinajstić information content (AvgIpc) is 3.08. The summed E-state index contributed by atoms with van der Waals surface area (Å²) in [5, 5.41) is 10.9. The lowest BCUT2D eigenvalue weighted by molar-refractivity contribution is 0.0932. The fourth-order valence-corrected chi connectivity index (χ4v) is 3.34. The summed E-state index contributed by atoms with van der Waals surface area (Å²) in [7, 11) is 1.61. The van der Waals surface area contributed by atoms with E-state index in [0.29, 0.717) is 23.9 Å². The van der Waals surface area contributed by atoms with Gasteiger partial charge in [0.2, 0.25) is 0 Å². The van der Waals surface area contributed by atoms with Gasteiger partial charge < -0.3 is 20.7 Å². The zero-order valence-electron chi connectivity index (χ0n) is 14.8. The smallest absolute Gasteiger partial charge is 0.272 e. The number of ether oxygens (including phenoxy) is 1. The number of methoxy groups -OCH3 is 1. The molecule has 2 aromatic rings. The highest BCUT2D eigenvalue weighted by atomic mass is 16.5. The van der Waals surface area contributed by atoms with Crippen molar-refractivity contribution in [3.8, 4) is 5.75 Å². The van der Waals surface area contributed by atoms with Crippen molar-refractivity contribution in [1.29, 1.82) is 0 Å². The van der Waals surface area contributed by atoms with E-state index >= 15 is 0 Å². The highest BCUT2D eigenvalue weighted by Crippen LogP contribution is 2.22. The zero-order chi connectivity index (χ0) is 17.6. The van der Waals surface area contributed by atoms with E-state index in [9.17, 15) is 4.79 Å². The molecule has 0 aliphatic carbocycles. The molecule has 25 heavy (non-hydrogen) atoms. The first-order valence-electron chi connectivity index (χ1n) is 8.94. The third-order valence-corrected chi connectivity index (χ3v) is 4.92. The van der Waals surface area contributed by atoms with Crippen LogP contribution in [0, 0.1) is 5.92 Å². The number of hydrogen-bond donors (Lipinski definition) is 3. The molecular formula is C18H27N5O2. The molecule has 7 nitrogen and oxygen atoms in total. The molecule has 0 bridgehead atoms. The van der Waals surface area contributed by atoms with Crippen LogP contribution >= 0.6 is 0 Å². The Morgan fingerprint density at radius 2 is 2.24 bits per heavy atom. The molecule has 0 radical (unpaired) electrons. The SMILES string of the molecule is COc1ccc2[nH]nc(C(=O)NCC3CCN(CCCN)CC3)c2c1. The number of carbonyl (C=O) groups is 1. The molecule has 0 unspecified atom stereocenters. The molecule has 136 valence electrons. The van der Waals surface area contributed by atoms with E-state index in [1.165, 1.54) is 0 Å². The minimum atomic E-state index is -0.134. The van der Waals surface area contributed by atoms with Gasteiger partial charge in [0.25, 0.3) is 5.91 Å². The molecule has 1 amide bonds. The van der Waals surface area contributed by atoms with Crippen LogP contribution in [0.15, 0.2) is 18.2 Å². The van der Waals surface area contributed by atoms with Crippen LogP contribution in [-0.2, 0) is 0 Å². The lowest BCUT2D eigenvalue weighted by Crippen LogP contribution is -2.39.